The highest BCUT2D eigenvalue weighted by molar-refractivity contribution is 6.29. The zero-order valence-electron chi connectivity index (χ0n) is 7.26. The fourth-order valence-electron chi connectivity index (χ4n) is 0.846. The Hall–Kier alpha value is -0.830. The summed E-state index contributed by atoms with van der Waals surface area (Å²) in [6.45, 7) is 4.86. The van der Waals surface area contributed by atoms with Crippen molar-refractivity contribution in [3.63, 3.8) is 0 Å². The lowest BCUT2D eigenvalue weighted by molar-refractivity contribution is 0.946. The fourth-order valence-corrected chi connectivity index (χ4v) is 1.08. The average molecular weight is 186 g/mol. The summed E-state index contributed by atoms with van der Waals surface area (Å²) in [7, 11) is 0. The van der Waals surface area contributed by atoms with E-state index in [0.717, 1.165) is 18.7 Å². The van der Waals surface area contributed by atoms with Crippen LogP contribution in [-0.4, -0.2) is 16.5 Å². The molecule has 0 fully saturated rings. The first-order valence-electron chi connectivity index (χ1n) is 3.97. The number of hydrogen-bond donors (Lipinski definition) is 1. The fraction of sp³-hybridized carbons (Fsp3) is 0.500. The van der Waals surface area contributed by atoms with E-state index in [4.69, 9.17) is 11.6 Å². The van der Waals surface area contributed by atoms with Crippen molar-refractivity contribution in [1.82, 2.24) is 9.97 Å². The highest BCUT2D eigenvalue weighted by atomic mass is 35.5. The molecule has 0 saturated carbocycles. The van der Waals surface area contributed by atoms with Crippen LogP contribution in [0.5, 0.6) is 0 Å². The van der Waals surface area contributed by atoms with E-state index in [1.807, 2.05) is 6.92 Å². The van der Waals surface area contributed by atoms with Gasteiger partial charge in [-0.05, 0) is 19.4 Å². The number of aryl methyl sites for hydroxylation is 1. The quantitative estimate of drug-likeness (QED) is 0.735. The van der Waals surface area contributed by atoms with Crippen LogP contribution in [0.2, 0.25) is 5.15 Å². The van der Waals surface area contributed by atoms with E-state index in [1.165, 1.54) is 0 Å². The third kappa shape index (κ3) is 2.66. The molecule has 1 aromatic rings. The van der Waals surface area contributed by atoms with Gasteiger partial charge in [0.1, 0.15) is 5.15 Å². The third-order valence-electron chi connectivity index (χ3n) is 1.36. The Morgan fingerprint density at radius 1 is 1.50 bits per heavy atom. The summed E-state index contributed by atoms with van der Waals surface area (Å²) in [5.41, 5.74) is 0.883. The van der Waals surface area contributed by atoms with Crippen molar-refractivity contribution in [2.45, 2.75) is 20.3 Å². The Morgan fingerprint density at radius 2 is 2.25 bits per heavy atom. The molecule has 0 aliphatic heterocycles. The topological polar surface area (TPSA) is 37.8 Å². The van der Waals surface area contributed by atoms with Crippen molar-refractivity contribution in [2.75, 3.05) is 11.9 Å². The molecule has 1 aromatic heterocycles. The largest absolute Gasteiger partial charge is 0.354 e. The summed E-state index contributed by atoms with van der Waals surface area (Å²) >= 11 is 5.74. The van der Waals surface area contributed by atoms with Gasteiger partial charge >= 0.3 is 0 Å². The van der Waals surface area contributed by atoms with Crippen LogP contribution in [0.3, 0.4) is 0 Å². The number of nitrogens with zero attached hydrogens (tertiary/aromatic N) is 2. The van der Waals surface area contributed by atoms with Gasteiger partial charge in [-0.25, -0.2) is 9.97 Å². The minimum Gasteiger partial charge on any atom is -0.354 e. The highest BCUT2D eigenvalue weighted by Crippen LogP contribution is 2.09. The van der Waals surface area contributed by atoms with E-state index in [0.29, 0.717) is 11.1 Å². The molecule has 0 bridgehead atoms. The summed E-state index contributed by atoms with van der Waals surface area (Å²) in [6.07, 6.45) is 1.05. The van der Waals surface area contributed by atoms with Crippen molar-refractivity contribution >= 4 is 17.5 Å². The van der Waals surface area contributed by atoms with Gasteiger partial charge in [0.2, 0.25) is 5.95 Å². The Bertz CT molecular complexity index is 242. The Labute approximate surface area is 77.2 Å². The molecule has 0 aliphatic carbocycles. The molecule has 0 spiro atoms. The standard InChI is InChI=1S/C8H12ClN3/c1-3-4-10-8-11-6(2)5-7(9)12-8/h5H,3-4H2,1-2H3,(H,10,11,12). The maximum atomic E-state index is 5.74. The van der Waals surface area contributed by atoms with E-state index in [9.17, 15) is 0 Å². The number of nitrogens with one attached hydrogen (secondary N) is 1. The van der Waals surface area contributed by atoms with Crippen LogP contribution in [-0.2, 0) is 0 Å². The number of rotatable bonds is 3. The molecule has 3 nitrogen and oxygen atoms in total. The maximum absolute atomic E-state index is 5.74. The maximum Gasteiger partial charge on any atom is 0.224 e. The second-order valence-corrected chi connectivity index (χ2v) is 2.97. The molecule has 4 heteroatoms. The summed E-state index contributed by atoms with van der Waals surface area (Å²) in [6, 6.07) is 1.73. The number of aromatic nitrogens is 2. The number of anilines is 1. The molecule has 0 aliphatic rings. The molecular formula is C8H12ClN3. The summed E-state index contributed by atoms with van der Waals surface area (Å²) in [5, 5.41) is 3.56. The van der Waals surface area contributed by atoms with Crippen LogP contribution in [0.4, 0.5) is 5.95 Å². The van der Waals surface area contributed by atoms with Gasteiger partial charge in [-0.3, -0.25) is 0 Å². The van der Waals surface area contributed by atoms with Gasteiger partial charge in [0.05, 0.1) is 0 Å². The summed E-state index contributed by atoms with van der Waals surface area (Å²) < 4.78 is 0. The SMILES string of the molecule is CCCNc1nc(C)cc(Cl)n1. The molecular weight excluding hydrogens is 174 g/mol. The first kappa shape index (κ1) is 9.26. The third-order valence-corrected chi connectivity index (χ3v) is 1.55. The van der Waals surface area contributed by atoms with Crippen molar-refractivity contribution in [2.24, 2.45) is 0 Å². The molecule has 0 amide bonds. The molecule has 0 aromatic carbocycles. The van der Waals surface area contributed by atoms with E-state index < -0.39 is 0 Å². The second-order valence-electron chi connectivity index (χ2n) is 2.58. The molecule has 12 heavy (non-hydrogen) atoms. The lowest BCUT2D eigenvalue weighted by Gasteiger charge is -2.03. The molecule has 1 heterocycles. The van der Waals surface area contributed by atoms with E-state index in [1.54, 1.807) is 6.07 Å². The zero-order chi connectivity index (χ0) is 8.97. The van der Waals surface area contributed by atoms with Gasteiger partial charge in [0.15, 0.2) is 0 Å². The summed E-state index contributed by atoms with van der Waals surface area (Å²) in [4.78, 5) is 8.18. The lowest BCUT2D eigenvalue weighted by atomic mass is 10.4. The van der Waals surface area contributed by atoms with Gasteiger partial charge in [-0.2, -0.15) is 0 Å². The summed E-state index contributed by atoms with van der Waals surface area (Å²) in [5.74, 6) is 0.613. The van der Waals surface area contributed by atoms with Crippen molar-refractivity contribution < 1.29 is 0 Å². The number of halogens is 1. The van der Waals surface area contributed by atoms with Crippen LogP contribution in [0, 0.1) is 6.92 Å². The minimum atomic E-state index is 0.487. The van der Waals surface area contributed by atoms with Crippen molar-refractivity contribution in [1.29, 1.82) is 0 Å². The normalized spacial score (nSPS) is 9.92. The van der Waals surface area contributed by atoms with Crippen LogP contribution >= 0.6 is 11.6 Å². The molecule has 0 saturated heterocycles. The van der Waals surface area contributed by atoms with Crippen LogP contribution in [0.1, 0.15) is 19.0 Å². The molecule has 0 unspecified atom stereocenters. The molecule has 0 atom stereocenters. The van der Waals surface area contributed by atoms with E-state index >= 15 is 0 Å². The predicted octanol–water partition coefficient (Wildman–Crippen LogP) is 2.26. The van der Waals surface area contributed by atoms with Crippen LogP contribution in [0.25, 0.3) is 0 Å². The van der Waals surface area contributed by atoms with Crippen LogP contribution in [0.15, 0.2) is 6.07 Å². The highest BCUT2D eigenvalue weighted by Gasteiger charge is 1.97. The van der Waals surface area contributed by atoms with E-state index in [2.05, 4.69) is 22.2 Å². The lowest BCUT2D eigenvalue weighted by Crippen LogP contribution is -2.04. The van der Waals surface area contributed by atoms with Gasteiger partial charge in [-0.1, -0.05) is 18.5 Å². The van der Waals surface area contributed by atoms with E-state index in [-0.39, 0.29) is 0 Å². The zero-order valence-corrected chi connectivity index (χ0v) is 8.02. The Morgan fingerprint density at radius 3 is 2.83 bits per heavy atom. The minimum absolute atomic E-state index is 0.487. The van der Waals surface area contributed by atoms with Gasteiger partial charge in [0.25, 0.3) is 0 Å². The Balaban J connectivity index is 2.72. The smallest absolute Gasteiger partial charge is 0.224 e. The monoisotopic (exact) mass is 185 g/mol. The molecule has 66 valence electrons. The van der Waals surface area contributed by atoms with Crippen LogP contribution < -0.4 is 5.32 Å². The average Bonchev–Trinajstić information content (AvgIpc) is 1.99. The molecule has 0 radical (unpaired) electrons. The Kier molecular flexibility index (Phi) is 3.29. The van der Waals surface area contributed by atoms with Crippen molar-refractivity contribution in [3.8, 4) is 0 Å². The van der Waals surface area contributed by atoms with Gasteiger partial charge in [-0.15, -0.1) is 0 Å². The van der Waals surface area contributed by atoms with Crippen molar-refractivity contribution in [3.05, 3.63) is 16.9 Å². The van der Waals surface area contributed by atoms with Gasteiger partial charge < -0.3 is 5.32 Å². The van der Waals surface area contributed by atoms with Gasteiger partial charge in [0, 0.05) is 12.2 Å². The second kappa shape index (κ2) is 4.26. The first-order valence-corrected chi connectivity index (χ1v) is 4.35. The predicted molar refractivity (Wildman–Crippen MR) is 50.6 cm³/mol. The molecule has 1 rings (SSSR count). The number of hydrogen-bond acceptors (Lipinski definition) is 3. The molecule has 1 N–H and O–H groups in total. The first-order chi connectivity index (χ1) is 5.72.